The molecule has 0 unspecified atom stereocenters. The minimum absolute atomic E-state index is 0.0485. The molecule has 0 saturated heterocycles. The normalized spacial score (nSPS) is 14.2. The Balaban J connectivity index is 1.88. The highest BCUT2D eigenvalue weighted by Crippen LogP contribution is 2.29. The van der Waals surface area contributed by atoms with E-state index in [1.165, 1.54) is 12.8 Å². The van der Waals surface area contributed by atoms with E-state index in [2.05, 4.69) is 21.2 Å². The van der Waals surface area contributed by atoms with Gasteiger partial charge in [-0.2, -0.15) is 0 Å². The summed E-state index contributed by atoms with van der Waals surface area (Å²) in [6.45, 7) is 1.38. The van der Waals surface area contributed by atoms with Crippen molar-refractivity contribution in [2.75, 3.05) is 19.7 Å². The zero-order chi connectivity index (χ0) is 13.7. The summed E-state index contributed by atoms with van der Waals surface area (Å²) < 4.78 is 6.48. The lowest BCUT2D eigenvalue weighted by molar-refractivity contribution is -0.123. The van der Waals surface area contributed by atoms with E-state index in [4.69, 9.17) is 10.5 Å². The zero-order valence-electron chi connectivity index (χ0n) is 10.8. The Morgan fingerprint density at radius 3 is 2.95 bits per heavy atom. The van der Waals surface area contributed by atoms with Gasteiger partial charge < -0.3 is 15.8 Å². The Bertz CT molecular complexity index is 447. The second-order valence-corrected chi connectivity index (χ2v) is 5.66. The lowest BCUT2D eigenvalue weighted by Gasteiger charge is -2.12. The van der Waals surface area contributed by atoms with Gasteiger partial charge in [0.05, 0.1) is 4.47 Å². The first-order valence-electron chi connectivity index (χ1n) is 6.57. The minimum atomic E-state index is -0.0682. The summed E-state index contributed by atoms with van der Waals surface area (Å²) >= 11 is 3.44. The summed E-state index contributed by atoms with van der Waals surface area (Å²) in [4.78, 5) is 11.7. The number of carbonyl (C=O) groups excluding carboxylic acids is 1. The first-order valence-corrected chi connectivity index (χ1v) is 7.37. The average Bonchev–Trinajstić information content (AvgIpc) is 3.20. The van der Waals surface area contributed by atoms with Crippen LogP contribution < -0.4 is 15.8 Å². The Morgan fingerprint density at radius 2 is 2.26 bits per heavy atom. The fourth-order valence-corrected chi connectivity index (χ4v) is 2.36. The number of benzene rings is 1. The van der Waals surface area contributed by atoms with Gasteiger partial charge in [0.2, 0.25) is 0 Å². The van der Waals surface area contributed by atoms with E-state index in [1.807, 2.05) is 18.2 Å². The maximum absolute atomic E-state index is 11.7. The topological polar surface area (TPSA) is 64.3 Å². The molecular formula is C14H19BrN2O2. The van der Waals surface area contributed by atoms with Crippen LogP contribution in [0.25, 0.3) is 0 Å². The molecule has 0 aromatic heterocycles. The maximum atomic E-state index is 11.7. The van der Waals surface area contributed by atoms with Gasteiger partial charge in [-0.15, -0.1) is 0 Å². The van der Waals surface area contributed by atoms with Gasteiger partial charge in [0.25, 0.3) is 5.91 Å². The summed E-state index contributed by atoms with van der Waals surface area (Å²) in [6, 6.07) is 5.81. The second kappa shape index (κ2) is 6.91. The first kappa shape index (κ1) is 14.3. The molecule has 1 aliphatic carbocycles. The van der Waals surface area contributed by atoms with Crippen LogP contribution in [-0.4, -0.2) is 25.6 Å². The van der Waals surface area contributed by atoms with E-state index in [-0.39, 0.29) is 12.5 Å². The van der Waals surface area contributed by atoms with Gasteiger partial charge in [-0.25, -0.2) is 0 Å². The van der Waals surface area contributed by atoms with Gasteiger partial charge in [0, 0.05) is 6.54 Å². The van der Waals surface area contributed by atoms with Crippen molar-refractivity contribution in [2.24, 2.45) is 11.7 Å². The van der Waals surface area contributed by atoms with Crippen molar-refractivity contribution in [3.8, 4) is 5.75 Å². The van der Waals surface area contributed by atoms with Crippen molar-refractivity contribution >= 4 is 21.8 Å². The molecule has 1 aromatic rings. The molecule has 2 rings (SSSR count). The highest BCUT2D eigenvalue weighted by atomic mass is 79.9. The fraction of sp³-hybridized carbons (Fsp3) is 0.500. The lowest BCUT2D eigenvalue weighted by atomic mass is 10.1. The number of para-hydroxylation sites is 1. The number of rotatable bonds is 7. The summed E-state index contributed by atoms with van der Waals surface area (Å²) in [6.07, 6.45) is 3.19. The van der Waals surface area contributed by atoms with Crippen molar-refractivity contribution in [1.82, 2.24) is 5.32 Å². The van der Waals surface area contributed by atoms with Gasteiger partial charge in [-0.05, 0) is 59.3 Å². The van der Waals surface area contributed by atoms with Crippen LogP contribution in [0.5, 0.6) is 5.75 Å². The van der Waals surface area contributed by atoms with Gasteiger partial charge in [-0.1, -0.05) is 12.1 Å². The Morgan fingerprint density at radius 1 is 1.47 bits per heavy atom. The van der Waals surface area contributed by atoms with E-state index < -0.39 is 0 Å². The summed E-state index contributed by atoms with van der Waals surface area (Å²) in [5, 5.41) is 2.88. The van der Waals surface area contributed by atoms with E-state index in [0.717, 1.165) is 28.8 Å². The molecule has 19 heavy (non-hydrogen) atoms. The molecule has 1 aromatic carbocycles. The molecular weight excluding hydrogens is 308 g/mol. The number of amides is 1. The van der Waals surface area contributed by atoms with Gasteiger partial charge in [-0.3, -0.25) is 4.79 Å². The van der Waals surface area contributed by atoms with Gasteiger partial charge in [0.1, 0.15) is 5.75 Å². The average molecular weight is 327 g/mol. The molecule has 1 amide bonds. The molecule has 0 radical (unpaired) electrons. The summed E-state index contributed by atoms with van der Waals surface area (Å²) in [5.41, 5.74) is 6.59. The molecule has 0 bridgehead atoms. The highest BCUT2D eigenvalue weighted by Gasteiger charge is 2.21. The number of halogens is 1. The standard InChI is InChI=1S/C14H19BrN2O2/c15-12-3-1-2-11(6-7-16)14(12)19-9-13(18)17-8-10-4-5-10/h1-3,10H,4-9,16H2,(H,17,18). The van der Waals surface area contributed by atoms with Crippen molar-refractivity contribution in [3.63, 3.8) is 0 Å². The van der Waals surface area contributed by atoms with Crippen LogP contribution in [0.15, 0.2) is 22.7 Å². The SMILES string of the molecule is NCCc1cccc(Br)c1OCC(=O)NCC1CC1. The third kappa shape index (κ3) is 4.51. The van der Waals surface area contributed by atoms with Crippen LogP contribution in [0.3, 0.4) is 0 Å². The first-order chi connectivity index (χ1) is 9.20. The van der Waals surface area contributed by atoms with Crippen molar-refractivity contribution < 1.29 is 9.53 Å². The molecule has 3 N–H and O–H groups in total. The van der Waals surface area contributed by atoms with Crippen molar-refractivity contribution in [3.05, 3.63) is 28.2 Å². The van der Waals surface area contributed by atoms with Crippen molar-refractivity contribution in [2.45, 2.75) is 19.3 Å². The third-order valence-corrected chi connectivity index (χ3v) is 3.72. The smallest absolute Gasteiger partial charge is 0.257 e. The van der Waals surface area contributed by atoms with Crippen LogP contribution in [0, 0.1) is 5.92 Å². The van der Waals surface area contributed by atoms with Crippen LogP contribution in [0.1, 0.15) is 18.4 Å². The Labute approximate surface area is 121 Å². The molecule has 1 saturated carbocycles. The fourth-order valence-electron chi connectivity index (χ4n) is 1.84. The van der Waals surface area contributed by atoms with E-state index in [9.17, 15) is 4.79 Å². The molecule has 4 nitrogen and oxygen atoms in total. The second-order valence-electron chi connectivity index (χ2n) is 4.80. The van der Waals surface area contributed by atoms with Crippen LogP contribution in [-0.2, 0) is 11.2 Å². The van der Waals surface area contributed by atoms with E-state index in [0.29, 0.717) is 12.5 Å². The monoisotopic (exact) mass is 326 g/mol. The number of carbonyl (C=O) groups is 1. The summed E-state index contributed by atoms with van der Waals surface area (Å²) in [7, 11) is 0. The van der Waals surface area contributed by atoms with Gasteiger partial charge in [0.15, 0.2) is 6.61 Å². The largest absolute Gasteiger partial charge is 0.482 e. The predicted molar refractivity (Wildman–Crippen MR) is 78.1 cm³/mol. The molecule has 0 heterocycles. The maximum Gasteiger partial charge on any atom is 0.257 e. The highest BCUT2D eigenvalue weighted by molar-refractivity contribution is 9.10. The van der Waals surface area contributed by atoms with Crippen LogP contribution >= 0.6 is 15.9 Å². The van der Waals surface area contributed by atoms with Crippen LogP contribution in [0.2, 0.25) is 0 Å². The van der Waals surface area contributed by atoms with E-state index in [1.54, 1.807) is 0 Å². The Kier molecular flexibility index (Phi) is 5.22. The molecule has 1 fully saturated rings. The number of hydrogen-bond acceptors (Lipinski definition) is 3. The minimum Gasteiger partial charge on any atom is -0.482 e. The zero-order valence-corrected chi connectivity index (χ0v) is 12.4. The summed E-state index contributed by atoms with van der Waals surface area (Å²) in [5.74, 6) is 1.33. The molecule has 0 spiro atoms. The van der Waals surface area contributed by atoms with E-state index >= 15 is 0 Å². The predicted octanol–water partition coefficient (Wildman–Crippen LogP) is 1.86. The molecule has 0 atom stereocenters. The molecule has 0 aliphatic heterocycles. The number of hydrogen-bond donors (Lipinski definition) is 2. The number of nitrogens with one attached hydrogen (secondary N) is 1. The quantitative estimate of drug-likeness (QED) is 0.803. The molecule has 5 heteroatoms. The Hall–Kier alpha value is -1.07. The number of nitrogens with two attached hydrogens (primary N) is 1. The number of ether oxygens (including phenoxy) is 1. The van der Waals surface area contributed by atoms with Gasteiger partial charge >= 0.3 is 0 Å². The lowest BCUT2D eigenvalue weighted by Crippen LogP contribution is -2.30. The third-order valence-electron chi connectivity index (χ3n) is 3.09. The molecule has 1 aliphatic rings. The van der Waals surface area contributed by atoms with Crippen molar-refractivity contribution in [1.29, 1.82) is 0 Å². The molecule has 104 valence electrons. The van der Waals surface area contributed by atoms with Crippen LogP contribution in [0.4, 0.5) is 0 Å².